The highest BCUT2D eigenvalue weighted by Gasteiger charge is 2.16. The molecule has 0 aliphatic carbocycles. The van der Waals surface area contributed by atoms with Gasteiger partial charge in [-0.3, -0.25) is 0 Å². The molecular formula is C14H29NO. The van der Waals surface area contributed by atoms with Crippen LogP contribution in [0.4, 0.5) is 0 Å². The van der Waals surface area contributed by atoms with Gasteiger partial charge in [-0.2, -0.15) is 0 Å². The Bertz CT molecular complexity index is 166. The molecule has 16 heavy (non-hydrogen) atoms. The molecule has 1 N–H and O–H groups in total. The second kappa shape index (κ2) is 8.08. The molecule has 0 radical (unpaired) electrons. The summed E-state index contributed by atoms with van der Waals surface area (Å²) in [5, 5.41) is 3.68. The van der Waals surface area contributed by atoms with Crippen molar-refractivity contribution in [1.29, 1.82) is 0 Å². The largest absolute Gasteiger partial charge is 0.378 e. The zero-order valence-corrected chi connectivity index (χ0v) is 11.3. The molecule has 3 unspecified atom stereocenters. The Hall–Kier alpha value is -0.0800. The van der Waals surface area contributed by atoms with Crippen molar-refractivity contribution < 1.29 is 4.74 Å². The average Bonchev–Trinajstić information content (AvgIpc) is 2.80. The summed E-state index contributed by atoms with van der Waals surface area (Å²) < 4.78 is 5.63. The normalized spacial score (nSPS) is 24.6. The molecule has 0 saturated carbocycles. The molecule has 96 valence electrons. The van der Waals surface area contributed by atoms with Gasteiger partial charge in [-0.05, 0) is 44.6 Å². The number of nitrogens with one attached hydrogen (secondary N) is 1. The van der Waals surface area contributed by atoms with E-state index in [4.69, 9.17) is 4.74 Å². The van der Waals surface area contributed by atoms with Crippen LogP contribution < -0.4 is 5.32 Å². The van der Waals surface area contributed by atoms with E-state index < -0.39 is 0 Å². The second-order valence-corrected chi connectivity index (χ2v) is 5.23. The van der Waals surface area contributed by atoms with E-state index in [9.17, 15) is 0 Å². The molecule has 1 saturated heterocycles. The first-order chi connectivity index (χ1) is 7.76. The van der Waals surface area contributed by atoms with Crippen LogP contribution in [0.1, 0.15) is 59.3 Å². The van der Waals surface area contributed by atoms with E-state index in [0.717, 1.165) is 19.1 Å². The molecule has 1 rings (SSSR count). The summed E-state index contributed by atoms with van der Waals surface area (Å²) >= 11 is 0. The van der Waals surface area contributed by atoms with Crippen molar-refractivity contribution in [2.75, 3.05) is 13.2 Å². The Balaban J connectivity index is 2.08. The van der Waals surface area contributed by atoms with Crippen molar-refractivity contribution in [1.82, 2.24) is 5.32 Å². The van der Waals surface area contributed by atoms with Gasteiger partial charge >= 0.3 is 0 Å². The third-order valence-electron chi connectivity index (χ3n) is 3.80. The highest BCUT2D eigenvalue weighted by Crippen LogP contribution is 2.15. The monoisotopic (exact) mass is 227 g/mol. The van der Waals surface area contributed by atoms with Crippen molar-refractivity contribution >= 4 is 0 Å². The first-order valence-electron chi connectivity index (χ1n) is 7.11. The van der Waals surface area contributed by atoms with Crippen molar-refractivity contribution in [3.05, 3.63) is 0 Å². The van der Waals surface area contributed by atoms with Gasteiger partial charge in [0.25, 0.3) is 0 Å². The topological polar surface area (TPSA) is 21.3 Å². The predicted octanol–water partition coefficient (Wildman–Crippen LogP) is 3.36. The Kier molecular flexibility index (Phi) is 7.06. The molecule has 1 aliphatic heterocycles. The quantitative estimate of drug-likeness (QED) is 0.686. The van der Waals surface area contributed by atoms with E-state index in [2.05, 4.69) is 26.1 Å². The number of hydrogen-bond donors (Lipinski definition) is 1. The molecule has 2 heteroatoms. The molecule has 0 bridgehead atoms. The van der Waals surface area contributed by atoms with Crippen LogP contribution in [0.3, 0.4) is 0 Å². The van der Waals surface area contributed by atoms with Gasteiger partial charge in [-0.15, -0.1) is 0 Å². The van der Waals surface area contributed by atoms with Gasteiger partial charge in [0, 0.05) is 12.6 Å². The fraction of sp³-hybridized carbons (Fsp3) is 1.00. The van der Waals surface area contributed by atoms with Crippen LogP contribution in [0.2, 0.25) is 0 Å². The van der Waals surface area contributed by atoms with Crippen LogP contribution in [-0.2, 0) is 4.74 Å². The van der Waals surface area contributed by atoms with E-state index in [1.165, 1.54) is 38.5 Å². The molecule has 3 atom stereocenters. The summed E-state index contributed by atoms with van der Waals surface area (Å²) in [6, 6.07) is 0.705. The summed E-state index contributed by atoms with van der Waals surface area (Å²) in [5.41, 5.74) is 0. The van der Waals surface area contributed by atoms with Crippen LogP contribution in [0.25, 0.3) is 0 Å². The van der Waals surface area contributed by atoms with Crippen LogP contribution in [0.15, 0.2) is 0 Å². The van der Waals surface area contributed by atoms with Crippen molar-refractivity contribution in [2.24, 2.45) is 5.92 Å². The minimum atomic E-state index is 0.536. The third kappa shape index (κ3) is 5.31. The van der Waals surface area contributed by atoms with Crippen LogP contribution >= 0.6 is 0 Å². The minimum absolute atomic E-state index is 0.536. The van der Waals surface area contributed by atoms with E-state index in [1.807, 2.05) is 0 Å². The molecule has 0 amide bonds. The third-order valence-corrected chi connectivity index (χ3v) is 3.80. The summed E-state index contributed by atoms with van der Waals surface area (Å²) in [4.78, 5) is 0. The van der Waals surface area contributed by atoms with Crippen molar-refractivity contribution in [3.63, 3.8) is 0 Å². The van der Waals surface area contributed by atoms with Crippen LogP contribution in [0, 0.1) is 5.92 Å². The fourth-order valence-corrected chi connectivity index (χ4v) is 2.37. The second-order valence-electron chi connectivity index (χ2n) is 5.23. The SMILES string of the molecule is CCC(C)CC(CC)NCCC1CCCO1. The summed E-state index contributed by atoms with van der Waals surface area (Å²) in [6.07, 6.45) is 8.11. The molecule has 0 spiro atoms. The zero-order valence-electron chi connectivity index (χ0n) is 11.3. The predicted molar refractivity (Wildman–Crippen MR) is 69.7 cm³/mol. The molecule has 0 aromatic carbocycles. The Morgan fingerprint density at radius 1 is 1.31 bits per heavy atom. The molecular weight excluding hydrogens is 198 g/mol. The lowest BCUT2D eigenvalue weighted by molar-refractivity contribution is 0.103. The van der Waals surface area contributed by atoms with E-state index in [1.54, 1.807) is 0 Å². The lowest BCUT2D eigenvalue weighted by atomic mass is 9.97. The highest BCUT2D eigenvalue weighted by atomic mass is 16.5. The molecule has 1 fully saturated rings. The van der Waals surface area contributed by atoms with Gasteiger partial charge in [0.1, 0.15) is 0 Å². The summed E-state index contributed by atoms with van der Waals surface area (Å²) in [5.74, 6) is 0.847. The standard InChI is InChI=1S/C14H29NO/c1-4-12(3)11-13(5-2)15-9-8-14-7-6-10-16-14/h12-15H,4-11H2,1-3H3. The van der Waals surface area contributed by atoms with Gasteiger partial charge in [-0.1, -0.05) is 27.2 Å². The molecule has 2 nitrogen and oxygen atoms in total. The van der Waals surface area contributed by atoms with E-state index in [-0.39, 0.29) is 0 Å². The zero-order chi connectivity index (χ0) is 11.8. The highest BCUT2D eigenvalue weighted by molar-refractivity contribution is 4.71. The van der Waals surface area contributed by atoms with E-state index in [0.29, 0.717) is 12.1 Å². The van der Waals surface area contributed by atoms with E-state index >= 15 is 0 Å². The minimum Gasteiger partial charge on any atom is -0.378 e. The van der Waals surface area contributed by atoms with Crippen LogP contribution in [0.5, 0.6) is 0 Å². The summed E-state index contributed by atoms with van der Waals surface area (Å²) in [6.45, 7) is 9.02. The molecule has 0 aromatic heterocycles. The lowest BCUT2D eigenvalue weighted by Gasteiger charge is -2.21. The maximum Gasteiger partial charge on any atom is 0.0588 e. The fourth-order valence-electron chi connectivity index (χ4n) is 2.37. The average molecular weight is 227 g/mol. The summed E-state index contributed by atoms with van der Waals surface area (Å²) in [7, 11) is 0. The van der Waals surface area contributed by atoms with Gasteiger partial charge in [0.15, 0.2) is 0 Å². The first-order valence-corrected chi connectivity index (χ1v) is 7.11. The molecule has 1 aliphatic rings. The maximum atomic E-state index is 5.63. The van der Waals surface area contributed by atoms with Crippen LogP contribution in [-0.4, -0.2) is 25.3 Å². The number of hydrogen-bond acceptors (Lipinski definition) is 2. The van der Waals surface area contributed by atoms with Gasteiger partial charge < -0.3 is 10.1 Å². The van der Waals surface area contributed by atoms with Gasteiger partial charge in [0.2, 0.25) is 0 Å². The molecule has 0 aromatic rings. The van der Waals surface area contributed by atoms with Gasteiger partial charge in [0.05, 0.1) is 6.10 Å². The van der Waals surface area contributed by atoms with Gasteiger partial charge in [-0.25, -0.2) is 0 Å². The smallest absolute Gasteiger partial charge is 0.0588 e. The maximum absolute atomic E-state index is 5.63. The Morgan fingerprint density at radius 2 is 2.12 bits per heavy atom. The number of rotatable bonds is 8. The van der Waals surface area contributed by atoms with Crippen molar-refractivity contribution in [3.8, 4) is 0 Å². The molecule has 1 heterocycles. The Morgan fingerprint density at radius 3 is 2.69 bits per heavy atom. The van der Waals surface area contributed by atoms with Crippen molar-refractivity contribution in [2.45, 2.75) is 71.4 Å². The first kappa shape index (κ1) is 14.0. The Labute approximate surface area is 101 Å². The number of ether oxygens (including phenoxy) is 1. The lowest BCUT2D eigenvalue weighted by Crippen LogP contribution is -2.32.